The molecule has 0 bridgehead atoms. The molecule has 0 amide bonds. The van der Waals surface area contributed by atoms with Crippen molar-refractivity contribution < 1.29 is 4.52 Å². The van der Waals surface area contributed by atoms with Gasteiger partial charge < -0.3 is 9.84 Å². The summed E-state index contributed by atoms with van der Waals surface area (Å²) in [5, 5.41) is 8.08. The molecule has 2 heterocycles. The van der Waals surface area contributed by atoms with Gasteiger partial charge in [-0.25, -0.2) is 0 Å². The zero-order valence-corrected chi connectivity index (χ0v) is 12.1. The van der Waals surface area contributed by atoms with E-state index in [-0.39, 0.29) is 0 Å². The lowest BCUT2D eigenvalue weighted by Gasteiger charge is -2.21. The summed E-state index contributed by atoms with van der Waals surface area (Å²) in [6.45, 7) is 6.68. The maximum Gasteiger partial charge on any atom is 0.226 e. The van der Waals surface area contributed by atoms with Crippen LogP contribution in [0.25, 0.3) is 0 Å². The largest absolute Gasteiger partial charge is 0.339 e. The van der Waals surface area contributed by atoms with Crippen molar-refractivity contribution in [2.45, 2.75) is 50.5 Å². The van der Waals surface area contributed by atoms with Crippen LogP contribution in [-0.2, 0) is 12.2 Å². The van der Waals surface area contributed by atoms with Crippen LogP contribution in [0.2, 0.25) is 0 Å². The van der Waals surface area contributed by atoms with Crippen molar-refractivity contribution in [3.05, 3.63) is 11.7 Å². The maximum atomic E-state index is 5.29. The number of nitrogens with zero attached hydrogens (tertiary/aromatic N) is 2. The topological polar surface area (TPSA) is 51.0 Å². The van der Waals surface area contributed by atoms with Gasteiger partial charge >= 0.3 is 0 Å². The molecule has 1 aromatic heterocycles. The first-order valence-electron chi connectivity index (χ1n) is 6.88. The van der Waals surface area contributed by atoms with Crippen LogP contribution in [0.4, 0.5) is 0 Å². The summed E-state index contributed by atoms with van der Waals surface area (Å²) in [5.41, 5.74) is 0. The summed E-state index contributed by atoms with van der Waals surface area (Å²) < 4.78 is 5.29. The monoisotopic (exact) mass is 269 g/mol. The van der Waals surface area contributed by atoms with E-state index in [9.17, 15) is 0 Å². The van der Waals surface area contributed by atoms with Gasteiger partial charge in [-0.1, -0.05) is 19.0 Å². The second kappa shape index (κ2) is 7.14. The Labute approximate surface area is 113 Å². The molecule has 4 nitrogen and oxygen atoms in total. The molecular formula is C13H23N3OS. The lowest BCUT2D eigenvalue weighted by molar-refractivity contribution is 0.326. The molecule has 5 heteroatoms. The van der Waals surface area contributed by atoms with E-state index in [1.165, 1.54) is 19.4 Å². The lowest BCUT2D eigenvalue weighted by atomic mass is 9.95. The molecule has 1 aromatic rings. The number of hydrogen-bond acceptors (Lipinski definition) is 5. The Morgan fingerprint density at radius 2 is 2.39 bits per heavy atom. The summed E-state index contributed by atoms with van der Waals surface area (Å²) in [5.74, 6) is 3.27. The van der Waals surface area contributed by atoms with Crippen molar-refractivity contribution in [1.82, 2.24) is 15.5 Å². The minimum atomic E-state index is 0.611. The van der Waals surface area contributed by atoms with Crippen LogP contribution < -0.4 is 5.32 Å². The molecule has 1 fully saturated rings. The van der Waals surface area contributed by atoms with Gasteiger partial charge in [-0.2, -0.15) is 16.7 Å². The average molecular weight is 269 g/mol. The maximum absolute atomic E-state index is 5.29. The third kappa shape index (κ3) is 4.61. The van der Waals surface area contributed by atoms with Crippen molar-refractivity contribution in [3.63, 3.8) is 0 Å². The molecule has 18 heavy (non-hydrogen) atoms. The zero-order valence-electron chi connectivity index (χ0n) is 11.3. The van der Waals surface area contributed by atoms with Gasteiger partial charge in [-0.3, -0.25) is 0 Å². The van der Waals surface area contributed by atoms with Crippen molar-refractivity contribution in [1.29, 1.82) is 0 Å². The van der Waals surface area contributed by atoms with E-state index in [1.807, 2.05) is 11.8 Å². The predicted molar refractivity (Wildman–Crippen MR) is 74.6 cm³/mol. The molecule has 1 atom stereocenters. The Balaban J connectivity index is 1.72. The smallest absolute Gasteiger partial charge is 0.226 e. The fourth-order valence-corrected chi connectivity index (χ4v) is 2.79. The van der Waals surface area contributed by atoms with E-state index in [0.717, 1.165) is 42.8 Å². The molecule has 0 aromatic carbocycles. The van der Waals surface area contributed by atoms with Crippen LogP contribution in [-0.4, -0.2) is 28.5 Å². The normalized spacial score (nSPS) is 20.5. The minimum absolute atomic E-state index is 0.611. The highest BCUT2D eigenvalue weighted by Crippen LogP contribution is 2.18. The summed E-state index contributed by atoms with van der Waals surface area (Å²) >= 11 is 1.85. The average Bonchev–Trinajstić information content (AvgIpc) is 2.83. The van der Waals surface area contributed by atoms with Crippen LogP contribution in [0.15, 0.2) is 4.52 Å². The van der Waals surface area contributed by atoms with Crippen LogP contribution >= 0.6 is 11.8 Å². The molecule has 0 saturated carbocycles. The SMILES string of the molecule is CC(C)SCc1noc(CCC2CCCNC2)n1. The summed E-state index contributed by atoms with van der Waals surface area (Å²) in [6, 6.07) is 0. The van der Waals surface area contributed by atoms with Gasteiger partial charge in [-0.15, -0.1) is 0 Å². The van der Waals surface area contributed by atoms with E-state index in [4.69, 9.17) is 4.52 Å². The number of thioether (sulfide) groups is 1. The summed E-state index contributed by atoms with van der Waals surface area (Å²) in [4.78, 5) is 4.45. The summed E-state index contributed by atoms with van der Waals surface area (Å²) in [6.07, 6.45) is 4.71. The van der Waals surface area contributed by atoms with Crippen molar-refractivity contribution >= 4 is 11.8 Å². The highest BCUT2D eigenvalue weighted by atomic mass is 32.2. The Morgan fingerprint density at radius 3 is 3.11 bits per heavy atom. The number of piperidine rings is 1. The fraction of sp³-hybridized carbons (Fsp3) is 0.846. The first kappa shape index (κ1) is 13.9. The van der Waals surface area contributed by atoms with Crippen LogP contribution in [0.5, 0.6) is 0 Å². The minimum Gasteiger partial charge on any atom is -0.339 e. The molecule has 0 radical (unpaired) electrons. The Bertz CT molecular complexity index is 348. The van der Waals surface area contributed by atoms with Gasteiger partial charge in [0.05, 0.1) is 5.75 Å². The van der Waals surface area contributed by atoms with Gasteiger partial charge in [0.25, 0.3) is 0 Å². The zero-order chi connectivity index (χ0) is 12.8. The second-order valence-electron chi connectivity index (χ2n) is 5.22. The Morgan fingerprint density at radius 1 is 1.50 bits per heavy atom. The van der Waals surface area contributed by atoms with Crippen LogP contribution in [0.3, 0.4) is 0 Å². The van der Waals surface area contributed by atoms with E-state index in [2.05, 4.69) is 29.3 Å². The quantitative estimate of drug-likeness (QED) is 0.860. The molecule has 102 valence electrons. The molecule has 1 aliphatic heterocycles. The molecule has 1 aliphatic rings. The van der Waals surface area contributed by atoms with E-state index in [0.29, 0.717) is 5.25 Å². The molecule has 0 aliphatic carbocycles. The lowest BCUT2D eigenvalue weighted by Crippen LogP contribution is -2.29. The molecule has 1 unspecified atom stereocenters. The van der Waals surface area contributed by atoms with Crippen molar-refractivity contribution in [2.75, 3.05) is 13.1 Å². The van der Waals surface area contributed by atoms with E-state index in [1.54, 1.807) is 0 Å². The number of rotatable bonds is 6. The van der Waals surface area contributed by atoms with Gasteiger partial charge in [0.2, 0.25) is 5.89 Å². The highest BCUT2D eigenvalue weighted by Gasteiger charge is 2.15. The van der Waals surface area contributed by atoms with Crippen molar-refractivity contribution in [2.24, 2.45) is 5.92 Å². The molecular weight excluding hydrogens is 246 g/mol. The Hall–Kier alpha value is -0.550. The molecule has 2 rings (SSSR count). The highest BCUT2D eigenvalue weighted by molar-refractivity contribution is 7.99. The molecule has 1 N–H and O–H groups in total. The van der Waals surface area contributed by atoms with Gasteiger partial charge in [0.1, 0.15) is 0 Å². The second-order valence-corrected chi connectivity index (χ2v) is 6.78. The van der Waals surface area contributed by atoms with Gasteiger partial charge in [0, 0.05) is 6.42 Å². The van der Waals surface area contributed by atoms with Crippen LogP contribution in [0.1, 0.15) is 44.8 Å². The van der Waals surface area contributed by atoms with Crippen LogP contribution in [0, 0.1) is 5.92 Å². The van der Waals surface area contributed by atoms with Gasteiger partial charge in [0.15, 0.2) is 5.82 Å². The Kier molecular flexibility index (Phi) is 5.50. The standard InChI is InChI=1S/C13H23N3OS/c1-10(2)18-9-12-15-13(17-16-12)6-5-11-4-3-7-14-8-11/h10-11,14H,3-9H2,1-2H3. The molecule has 0 spiro atoms. The third-order valence-corrected chi connectivity index (χ3v) is 4.31. The van der Waals surface area contributed by atoms with Gasteiger partial charge in [-0.05, 0) is 43.5 Å². The fourth-order valence-electron chi connectivity index (χ4n) is 2.19. The van der Waals surface area contributed by atoms with Crippen molar-refractivity contribution in [3.8, 4) is 0 Å². The summed E-state index contributed by atoms with van der Waals surface area (Å²) in [7, 11) is 0. The third-order valence-electron chi connectivity index (χ3n) is 3.22. The van der Waals surface area contributed by atoms with E-state index >= 15 is 0 Å². The number of hydrogen-bond donors (Lipinski definition) is 1. The molecule has 1 saturated heterocycles. The van der Waals surface area contributed by atoms with E-state index < -0.39 is 0 Å². The first-order chi connectivity index (χ1) is 8.74. The first-order valence-corrected chi connectivity index (χ1v) is 7.92. The number of nitrogens with one attached hydrogen (secondary N) is 1. The number of aromatic nitrogens is 2. The predicted octanol–water partition coefficient (Wildman–Crippen LogP) is 2.64. The number of aryl methyl sites for hydroxylation is 1.